The van der Waals surface area contributed by atoms with Gasteiger partial charge in [0.25, 0.3) is 0 Å². The number of nitrogens with zero attached hydrogens (tertiary/aromatic N) is 3. The summed E-state index contributed by atoms with van der Waals surface area (Å²) in [4.78, 5) is 5.14. The number of fused-ring (bicyclic) bond motifs is 1. The van der Waals surface area contributed by atoms with Gasteiger partial charge in [0.2, 0.25) is 15.0 Å². The molecule has 0 bridgehead atoms. The molecular weight excluding hydrogens is 332 g/mol. The number of hydrogen-bond acceptors (Lipinski definition) is 5. The molecular formula is C12H11ClN4O2S2. The van der Waals surface area contributed by atoms with E-state index in [1.807, 2.05) is 6.92 Å². The van der Waals surface area contributed by atoms with Gasteiger partial charge < -0.3 is 0 Å². The van der Waals surface area contributed by atoms with Crippen LogP contribution in [0.2, 0.25) is 5.02 Å². The summed E-state index contributed by atoms with van der Waals surface area (Å²) in [6, 6.07) is 6.12. The van der Waals surface area contributed by atoms with Gasteiger partial charge in [0.1, 0.15) is 5.01 Å². The van der Waals surface area contributed by atoms with Crippen molar-refractivity contribution in [2.75, 3.05) is 0 Å². The zero-order valence-corrected chi connectivity index (χ0v) is 13.3. The van der Waals surface area contributed by atoms with E-state index in [-0.39, 0.29) is 11.4 Å². The number of aromatic nitrogens is 3. The highest BCUT2D eigenvalue weighted by atomic mass is 35.5. The van der Waals surface area contributed by atoms with Gasteiger partial charge in [-0.25, -0.2) is 22.6 Å². The Morgan fingerprint density at radius 3 is 2.95 bits per heavy atom. The Bertz CT molecular complexity index is 870. The van der Waals surface area contributed by atoms with Crippen molar-refractivity contribution in [3.8, 4) is 0 Å². The lowest BCUT2D eigenvalue weighted by molar-refractivity contribution is 0.580. The van der Waals surface area contributed by atoms with Gasteiger partial charge in [0, 0.05) is 5.02 Å². The first-order chi connectivity index (χ1) is 9.94. The van der Waals surface area contributed by atoms with Crippen molar-refractivity contribution < 1.29 is 8.42 Å². The van der Waals surface area contributed by atoms with Crippen molar-refractivity contribution in [2.24, 2.45) is 0 Å². The second-order valence-electron chi connectivity index (χ2n) is 4.39. The second-order valence-corrected chi connectivity index (χ2v) is 7.63. The maximum Gasteiger partial charge on any atom is 0.241 e. The fourth-order valence-corrected chi connectivity index (χ4v) is 4.04. The highest BCUT2D eigenvalue weighted by molar-refractivity contribution is 7.89. The first kappa shape index (κ1) is 14.5. The van der Waals surface area contributed by atoms with Gasteiger partial charge in [0.15, 0.2) is 0 Å². The van der Waals surface area contributed by atoms with Crippen molar-refractivity contribution in [3.63, 3.8) is 0 Å². The minimum atomic E-state index is -3.61. The smallest absolute Gasteiger partial charge is 0.223 e. The van der Waals surface area contributed by atoms with Crippen LogP contribution in [0, 0.1) is 6.92 Å². The molecule has 3 aromatic rings. The zero-order valence-electron chi connectivity index (χ0n) is 10.9. The van der Waals surface area contributed by atoms with Crippen LogP contribution in [0.4, 0.5) is 0 Å². The fourth-order valence-electron chi connectivity index (χ4n) is 1.80. The second kappa shape index (κ2) is 5.38. The molecule has 0 fully saturated rings. The molecule has 9 heteroatoms. The van der Waals surface area contributed by atoms with Crippen LogP contribution in [-0.2, 0) is 16.6 Å². The van der Waals surface area contributed by atoms with Crippen molar-refractivity contribution in [3.05, 3.63) is 46.2 Å². The van der Waals surface area contributed by atoms with Gasteiger partial charge in [0.05, 0.1) is 23.3 Å². The lowest BCUT2D eigenvalue weighted by atomic mass is 10.4. The fraction of sp³-hybridized carbons (Fsp3) is 0.167. The predicted molar refractivity (Wildman–Crippen MR) is 81.1 cm³/mol. The number of aryl methyl sites for hydroxylation is 1. The van der Waals surface area contributed by atoms with E-state index < -0.39 is 10.0 Å². The summed E-state index contributed by atoms with van der Waals surface area (Å²) >= 11 is 7.15. The Hall–Kier alpha value is -1.48. The number of benzene rings is 1. The minimum absolute atomic E-state index is 0.113. The van der Waals surface area contributed by atoms with Crippen molar-refractivity contribution in [1.82, 2.24) is 19.3 Å². The lowest BCUT2D eigenvalue weighted by Gasteiger charge is -2.05. The summed E-state index contributed by atoms with van der Waals surface area (Å²) in [5, 5.41) is 5.29. The molecule has 0 atom stereocenters. The summed E-state index contributed by atoms with van der Waals surface area (Å²) < 4.78 is 28.4. The maximum absolute atomic E-state index is 12.1. The summed E-state index contributed by atoms with van der Waals surface area (Å²) in [6.45, 7) is 1.99. The Morgan fingerprint density at radius 1 is 1.43 bits per heavy atom. The van der Waals surface area contributed by atoms with Crippen LogP contribution in [0.3, 0.4) is 0 Å². The third kappa shape index (κ3) is 3.08. The minimum Gasteiger partial charge on any atom is -0.223 e. The molecule has 1 aromatic carbocycles. The standard InChI is InChI=1S/C12H11ClN4O2S2/c1-8-7-17-12(15-8)20-11(16-17)6-14-21(18,19)10-4-2-3-9(13)5-10/h2-5,7,14H,6H2,1H3. The summed E-state index contributed by atoms with van der Waals surface area (Å²) in [7, 11) is -3.61. The number of imidazole rings is 1. The van der Waals surface area contributed by atoms with Crippen LogP contribution < -0.4 is 4.72 Å². The van der Waals surface area contributed by atoms with Crippen molar-refractivity contribution >= 4 is 37.9 Å². The zero-order chi connectivity index (χ0) is 15.0. The molecule has 21 heavy (non-hydrogen) atoms. The van der Waals surface area contributed by atoms with Crippen LogP contribution in [0.25, 0.3) is 4.96 Å². The first-order valence-electron chi connectivity index (χ1n) is 6.01. The van der Waals surface area contributed by atoms with E-state index in [4.69, 9.17) is 11.6 Å². The largest absolute Gasteiger partial charge is 0.241 e. The molecule has 0 aliphatic carbocycles. The Labute approximate surface area is 130 Å². The molecule has 0 unspecified atom stereocenters. The molecule has 6 nitrogen and oxygen atoms in total. The number of sulfonamides is 1. The molecule has 2 aromatic heterocycles. The molecule has 0 saturated carbocycles. The third-order valence-corrected chi connectivity index (χ3v) is 5.28. The first-order valence-corrected chi connectivity index (χ1v) is 8.69. The van der Waals surface area contributed by atoms with Gasteiger partial charge in [-0.1, -0.05) is 29.0 Å². The molecule has 0 amide bonds. The summed E-state index contributed by atoms with van der Waals surface area (Å²) in [6.07, 6.45) is 1.79. The molecule has 0 radical (unpaired) electrons. The summed E-state index contributed by atoms with van der Waals surface area (Å²) in [5.41, 5.74) is 0.875. The Balaban J connectivity index is 1.78. The molecule has 0 aliphatic heterocycles. The third-order valence-electron chi connectivity index (χ3n) is 2.73. The van der Waals surface area contributed by atoms with Gasteiger partial charge in [-0.15, -0.1) is 0 Å². The number of nitrogens with one attached hydrogen (secondary N) is 1. The average Bonchev–Trinajstić information content (AvgIpc) is 2.93. The van der Waals surface area contributed by atoms with Crippen molar-refractivity contribution in [1.29, 1.82) is 0 Å². The van der Waals surface area contributed by atoms with E-state index >= 15 is 0 Å². The maximum atomic E-state index is 12.1. The lowest BCUT2D eigenvalue weighted by Crippen LogP contribution is -2.23. The SMILES string of the molecule is Cc1cn2nc(CNS(=O)(=O)c3cccc(Cl)c3)sc2n1. The molecule has 110 valence electrons. The van der Waals surface area contributed by atoms with E-state index in [0.29, 0.717) is 10.0 Å². The molecule has 2 heterocycles. The molecule has 3 rings (SSSR count). The van der Waals surface area contributed by atoms with E-state index in [1.54, 1.807) is 22.8 Å². The van der Waals surface area contributed by atoms with Crippen LogP contribution in [0.15, 0.2) is 35.4 Å². The average molecular weight is 343 g/mol. The Morgan fingerprint density at radius 2 is 2.24 bits per heavy atom. The molecule has 1 N–H and O–H groups in total. The van der Waals surface area contributed by atoms with Crippen LogP contribution in [0.5, 0.6) is 0 Å². The predicted octanol–water partition coefficient (Wildman–Crippen LogP) is 2.23. The van der Waals surface area contributed by atoms with Crippen LogP contribution in [0.1, 0.15) is 10.7 Å². The Kier molecular flexibility index (Phi) is 3.70. The normalized spacial score (nSPS) is 12.1. The number of halogens is 1. The quantitative estimate of drug-likeness (QED) is 0.788. The van der Waals surface area contributed by atoms with Crippen LogP contribution in [-0.4, -0.2) is 23.0 Å². The monoisotopic (exact) mass is 342 g/mol. The number of rotatable bonds is 4. The highest BCUT2D eigenvalue weighted by Gasteiger charge is 2.15. The molecule has 0 aliphatic rings. The van der Waals surface area contributed by atoms with Crippen LogP contribution >= 0.6 is 22.9 Å². The van der Waals surface area contributed by atoms with Gasteiger partial charge in [-0.05, 0) is 25.1 Å². The highest BCUT2D eigenvalue weighted by Crippen LogP contribution is 2.17. The van der Waals surface area contributed by atoms with Gasteiger partial charge in [-0.2, -0.15) is 5.10 Å². The van der Waals surface area contributed by atoms with Gasteiger partial charge in [-0.3, -0.25) is 0 Å². The topological polar surface area (TPSA) is 76.4 Å². The van der Waals surface area contributed by atoms with E-state index in [0.717, 1.165) is 10.7 Å². The van der Waals surface area contributed by atoms with Crippen molar-refractivity contribution in [2.45, 2.75) is 18.4 Å². The molecule has 0 saturated heterocycles. The molecule has 0 spiro atoms. The number of hydrogen-bond donors (Lipinski definition) is 1. The summed E-state index contributed by atoms with van der Waals surface area (Å²) in [5.74, 6) is 0. The van der Waals surface area contributed by atoms with E-state index in [2.05, 4.69) is 14.8 Å². The van der Waals surface area contributed by atoms with E-state index in [9.17, 15) is 8.42 Å². The van der Waals surface area contributed by atoms with Gasteiger partial charge >= 0.3 is 0 Å². The van der Waals surface area contributed by atoms with E-state index in [1.165, 1.54) is 23.5 Å².